The molecular formula is C8H6BrIN2OS. The van der Waals surface area contributed by atoms with Crippen molar-refractivity contribution in [2.24, 2.45) is 0 Å². The van der Waals surface area contributed by atoms with Crippen LogP contribution in [0.25, 0.3) is 11.0 Å². The molecule has 2 aromatic heterocycles. The quantitative estimate of drug-likeness (QED) is 0.808. The molecule has 0 unspecified atom stereocenters. The Kier molecular flexibility index (Phi) is 3.35. The maximum absolute atomic E-state index is 9.14. The molecule has 14 heavy (non-hydrogen) atoms. The summed E-state index contributed by atoms with van der Waals surface area (Å²) in [5.74, 6) is 0. The van der Waals surface area contributed by atoms with Gasteiger partial charge in [0.25, 0.3) is 0 Å². The summed E-state index contributed by atoms with van der Waals surface area (Å²) in [5, 5.41) is 10.2. The summed E-state index contributed by atoms with van der Waals surface area (Å²) >= 11 is 5.54. The third-order valence-electron chi connectivity index (χ3n) is 1.87. The molecule has 74 valence electrons. The molecule has 0 radical (unpaired) electrons. The standard InChI is InChI=1S/C8H6BrIN2OS/c9-6-1-5-2-7(4-13)12(14-10)8(5)11-3-6/h1-3,13H,4H2. The molecule has 0 saturated carbocycles. The normalized spacial score (nSPS) is 11.1. The highest BCUT2D eigenvalue weighted by molar-refractivity contribution is 14.2. The smallest absolute Gasteiger partial charge is 0.150 e. The van der Waals surface area contributed by atoms with Gasteiger partial charge in [-0.3, -0.25) is 3.97 Å². The second kappa shape index (κ2) is 4.38. The minimum absolute atomic E-state index is 0.0317. The molecule has 0 aromatic carbocycles. The fourth-order valence-electron chi connectivity index (χ4n) is 1.28. The Labute approximate surface area is 106 Å². The van der Waals surface area contributed by atoms with Crippen LogP contribution in [0.15, 0.2) is 22.8 Å². The Morgan fingerprint density at radius 2 is 2.36 bits per heavy atom. The molecule has 0 atom stereocenters. The predicted octanol–water partition coefficient (Wildman–Crippen LogP) is 3.14. The first-order chi connectivity index (χ1) is 6.76. The van der Waals surface area contributed by atoms with Crippen LogP contribution in [0.1, 0.15) is 5.69 Å². The third-order valence-corrected chi connectivity index (χ3v) is 4.03. The molecule has 0 aliphatic carbocycles. The number of halogens is 2. The highest BCUT2D eigenvalue weighted by atomic mass is 127. The molecule has 3 nitrogen and oxygen atoms in total. The van der Waals surface area contributed by atoms with Crippen LogP contribution in [0.5, 0.6) is 0 Å². The van der Waals surface area contributed by atoms with Crippen LogP contribution in [0.2, 0.25) is 0 Å². The molecule has 2 rings (SSSR count). The number of aromatic nitrogens is 2. The van der Waals surface area contributed by atoms with Crippen molar-refractivity contribution in [2.75, 3.05) is 0 Å². The van der Waals surface area contributed by atoms with E-state index < -0.39 is 0 Å². The number of aliphatic hydroxyl groups excluding tert-OH is 1. The Balaban J connectivity index is 2.73. The summed E-state index contributed by atoms with van der Waals surface area (Å²) in [5.41, 5.74) is 1.75. The third kappa shape index (κ3) is 1.80. The van der Waals surface area contributed by atoms with E-state index in [1.165, 1.54) is 9.12 Å². The second-order valence-electron chi connectivity index (χ2n) is 2.72. The largest absolute Gasteiger partial charge is 0.390 e. The van der Waals surface area contributed by atoms with Gasteiger partial charge in [-0.1, -0.05) is 0 Å². The highest BCUT2D eigenvalue weighted by Crippen LogP contribution is 2.28. The van der Waals surface area contributed by atoms with Crippen molar-refractivity contribution < 1.29 is 5.11 Å². The Morgan fingerprint density at radius 3 is 3.00 bits per heavy atom. The van der Waals surface area contributed by atoms with E-state index in [0.29, 0.717) is 0 Å². The summed E-state index contributed by atoms with van der Waals surface area (Å²) in [6.45, 7) is 0.0317. The first kappa shape index (κ1) is 10.7. The fraction of sp³-hybridized carbons (Fsp3) is 0.125. The van der Waals surface area contributed by atoms with E-state index in [1.807, 2.05) is 16.1 Å². The van der Waals surface area contributed by atoms with E-state index in [4.69, 9.17) is 5.11 Å². The van der Waals surface area contributed by atoms with Crippen molar-refractivity contribution in [3.63, 3.8) is 0 Å². The topological polar surface area (TPSA) is 38.1 Å². The summed E-state index contributed by atoms with van der Waals surface area (Å²) < 4.78 is 2.87. The van der Waals surface area contributed by atoms with Gasteiger partial charge in [-0.2, -0.15) is 0 Å². The molecule has 1 N–H and O–H groups in total. The SMILES string of the molecule is OCc1cc2cc(Br)cnc2n1SI. The minimum Gasteiger partial charge on any atom is -0.390 e. The van der Waals surface area contributed by atoms with E-state index >= 15 is 0 Å². The van der Waals surface area contributed by atoms with Crippen molar-refractivity contribution >= 4 is 57.3 Å². The van der Waals surface area contributed by atoms with Gasteiger partial charge >= 0.3 is 0 Å². The van der Waals surface area contributed by atoms with Gasteiger partial charge in [0.15, 0.2) is 5.65 Å². The van der Waals surface area contributed by atoms with Crippen molar-refractivity contribution in [3.8, 4) is 0 Å². The Morgan fingerprint density at radius 1 is 1.57 bits per heavy atom. The van der Waals surface area contributed by atoms with E-state index in [0.717, 1.165) is 21.2 Å². The average Bonchev–Trinajstić information content (AvgIpc) is 2.54. The summed E-state index contributed by atoms with van der Waals surface area (Å²) in [6.07, 6.45) is 1.76. The van der Waals surface area contributed by atoms with E-state index in [9.17, 15) is 0 Å². The number of nitrogens with zero attached hydrogens (tertiary/aromatic N) is 2. The molecule has 0 aliphatic heterocycles. The summed E-state index contributed by atoms with van der Waals surface area (Å²) in [7, 11) is 1.51. The molecular weight excluding hydrogens is 379 g/mol. The molecule has 6 heteroatoms. The lowest BCUT2D eigenvalue weighted by molar-refractivity contribution is 0.277. The zero-order valence-corrected chi connectivity index (χ0v) is 11.5. The predicted molar refractivity (Wildman–Crippen MR) is 70.4 cm³/mol. The lowest BCUT2D eigenvalue weighted by Gasteiger charge is -2.00. The van der Waals surface area contributed by atoms with Crippen molar-refractivity contribution in [3.05, 3.63) is 28.5 Å². The number of hydrogen-bond acceptors (Lipinski definition) is 3. The van der Waals surface area contributed by atoms with Gasteiger partial charge in [-0.25, -0.2) is 4.98 Å². The molecule has 0 fully saturated rings. The van der Waals surface area contributed by atoms with E-state index in [-0.39, 0.29) is 6.61 Å². The number of hydrogen-bond donors (Lipinski definition) is 1. The van der Waals surface area contributed by atoms with Crippen LogP contribution in [0.4, 0.5) is 0 Å². The van der Waals surface area contributed by atoms with Crippen LogP contribution in [0.3, 0.4) is 0 Å². The van der Waals surface area contributed by atoms with Crippen molar-refractivity contribution in [1.29, 1.82) is 0 Å². The van der Waals surface area contributed by atoms with Crippen LogP contribution in [-0.2, 0) is 6.61 Å². The van der Waals surface area contributed by atoms with Gasteiger partial charge in [0.05, 0.1) is 12.3 Å². The highest BCUT2D eigenvalue weighted by Gasteiger charge is 2.08. The van der Waals surface area contributed by atoms with E-state index in [2.05, 4.69) is 42.1 Å². The van der Waals surface area contributed by atoms with Crippen LogP contribution >= 0.6 is 46.3 Å². The number of rotatable bonds is 2. The first-order valence-corrected chi connectivity index (χ1v) is 7.93. The summed E-state index contributed by atoms with van der Waals surface area (Å²) in [6, 6.07) is 3.93. The minimum atomic E-state index is 0.0317. The van der Waals surface area contributed by atoms with Gasteiger partial charge in [0.2, 0.25) is 0 Å². The van der Waals surface area contributed by atoms with Gasteiger partial charge in [-0.05, 0) is 28.1 Å². The number of fused-ring (bicyclic) bond motifs is 1. The van der Waals surface area contributed by atoms with E-state index in [1.54, 1.807) is 6.20 Å². The molecule has 0 spiro atoms. The maximum atomic E-state index is 9.14. The zero-order valence-electron chi connectivity index (χ0n) is 6.94. The monoisotopic (exact) mass is 384 g/mol. The van der Waals surface area contributed by atoms with Gasteiger partial charge in [-0.15, -0.1) is 0 Å². The number of pyridine rings is 1. The zero-order chi connectivity index (χ0) is 10.1. The van der Waals surface area contributed by atoms with Crippen LogP contribution in [0, 0.1) is 0 Å². The Bertz CT molecular complexity index is 474. The average molecular weight is 385 g/mol. The first-order valence-electron chi connectivity index (χ1n) is 3.82. The molecule has 0 saturated heterocycles. The lowest BCUT2D eigenvalue weighted by atomic mass is 10.3. The molecule has 0 bridgehead atoms. The molecule has 0 aliphatic rings. The second-order valence-corrected chi connectivity index (χ2v) is 5.32. The Hall–Kier alpha value is 0.210. The summed E-state index contributed by atoms with van der Waals surface area (Å²) in [4.78, 5) is 4.30. The van der Waals surface area contributed by atoms with Gasteiger partial charge < -0.3 is 5.11 Å². The molecule has 2 heterocycles. The molecule has 0 amide bonds. The fourth-order valence-corrected chi connectivity index (χ4v) is 3.37. The van der Waals surface area contributed by atoms with Gasteiger partial charge in [0.1, 0.15) is 0 Å². The van der Waals surface area contributed by atoms with Crippen LogP contribution < -0.4 is 0 Å². The van der Waals surface area contributed by atoms with Crippen LogP contribution in [-0.4, -0.2) is 14.1 Å². The maximum Gasteiger partial charge on any atom is 0.150 e. The van der Waals surface area contributed by atoms with Crippen molar-refractivity contribution in [2.45, 2.75) is 6.61 Å². The lowest BCUT2D eigenvalue weighted by Crippen LogP contribution is -1.92. The number of aliphatic hydroxyl groups is 1. The molecule has 2 aromatic rings. The van der Waals surface area contributed by atoms with Gasteiger partial charge in [0, 0.05) is 46.4 Å². The van der Waals surface area contributed by atoms with Crippen molar-refractivity contribution in [1.82, 2.24) is 8.96 Å².